The van der Waals surface area contributed by atoms with E-state index in [4.69, 9.17) is 0 Å². The van der Waals surface area contributed by atoms with Gasteiger partial charge in [0.2, 0.25) is 0 Å². The Morgan fingerprint density at radius 1 is 1.08 bits per heavy atom. The predicted molar refractivity (Wildman–Crippen MR) is 104 cm³/mol. The standard InChI is InChI=1S/C19H25N3O3S/c1-4-20-12-13-21-19(23)16-6-5-7-18(14-16)26(24,25)22(3)17-10-8-15(2)9-11-17/h5-11,14,20H,4,12-13H2,1-3H3,(H,21,23). The Morgan fingerprint density at radius 2 is 1.77 bits per heavy atom. The molecule has 0 aliphatic rings. The first-order valence-electron chi connectivity index (χ1n) is 8.51. The van der Waals surface area contributed by atoms with Gasteiger partial charge in [0.1, 0.15) is 0 Å². The van der Waals surface area contributed by atoms with Crippen LogP contribution in [0.4, 0.5) is 5.69 Å². The molecule has 0 saturated carbocycles. The predicted octanol–water partition coefficient (Wildman–Crippen LogP) is 2.16. The molecule has 6 nitrogen and oxygen atoms in total. The zero-order chi connectivity index (χ0) is 19.2. The molecule has 2 aromatic carbocycles. The van der Waals surface area contributed by atoms with Crippen LogP contribution in [0.1, 0.15) is 22.8 Å². The van der Waals surface area contributed by atoms with Crippen LogP contribution in [0.25, 0.3) is 0 Å². The zero-order valence-corrected chi connectivity index (χ0v) is 16.1. The topological polar surface area (TPSA) is 78.5 Å². The van der Waals surface area contributed by atoms with Gasteiger partial charge in [0.15, 0.2) is 0 Å². The molecule has 0 aliphatic carbocycles. The molecule has 26 heavy (non-hydrogen) atoms. The quantitative estimate of drug-likeness (QED) is 0.693. The number of benzene rings is 2. The number of likely N-dealkylation sites (N-methyl/N-ethyl adjacent to an activating group) is 1. The molecule has 2 aromatic rings. The van der Waals surface area contributed by atoms with Crippen LogP contribution >= 0.6 is 0 Å². The molecule has 140 valence electrons. The van der Waals surface area contributed by atoms with Gasteiger partial charge in [-0.2, -0.15) is 0 Å². The molecule has 0 bridgehead atoms. The summed E-state index contributed by atoms with van der Waals surface area (Å²) in [5.74, 6) is -0.294. The van der Waals surface area contributed by atoms with Crippen molar-refractivity contribution in [2.75, 3.05) is 31.0 Å². The van der Waals surface area contributed by atoms with E-state index in [-0.39, 0.29) is 10.8 Å². The summed E-state index contributed by atoms with van der Waals surface area (Å²) in [6.45, 7) is 5.90. The minimum atomic E-state index is -3.75. The maximum atomic E-state index is 12.9. The molecule has 0 spiro atoms. The van der Waals surface area contributed by atoms with Crippen LogP contribution in [0.2, 0.25) is 0 Å². The average molecular weight is 375 g/mol. The van der Waals surface area contributed by atoms with Crippen molar-refractivity contribution in [3.63, 3.8) is 0 Å². The second-order valence-electron chi connectivity index (χ2n) is 5.95. The van der Waals surface area contributed by atoms with Gasteiger partial charge in [-0.1, -0.05) is 30.7 Å². The molecule has 0 heterocycles. The fourth-order valence-electron chi connectivity index (χ4n) is 2.39. The summed E-state index contributed by atoms with van der Waals surface area (Å²) in [4.78, 5) is 12.3. The van der Waals surface area contributed by atoms with Crippen molar-refractivity contribution in [2.24, 2.45) is 0 Å². The smallest absolute Gasteiger partial charge is 0.264 e. The van der Waals surface area contributed by atoms with Gasteiger partial charge in [-0.25, -0.2) is 8.42 Å². The Morgan fingerprint density at radius 3 is 2.42 bits per heavy atom. The Balaban J connectivity index is 2.19. The van der Waals surface area contributed by atoms with Crippen LogP contribution < -0.4 is 14.9 Å². The number of anilines is 1. The molecule has 0 atom stereocenters. The Kier molecular flexibility index (Phi) is 6.76. The monoisotopic (exact) mass is 375 g/mol. The Bertz CT molecular complexity index is 849. The van der Waals surface area contributed by atoms with Gasteiger partial charge in [0.25, 0.3) is 15.9 Å². The van der Waals surface area contributed by atoms with Crippen molar-refractivity contribution in [1.29, 1.82) is 0 Å². The van der Waals surface area contributed by atoms with Crippen LogP contribution in [0.5, 0.6) is 0 Å². The summed E-state index contributed by atoms with van der Waals surface area (Å²) < 4.78 is 27.0. The largest absolute Gasteiger partial charge is 0.351 e. The number of hydrogen-bond acceptors (Lipinski definition) is 4. The molecule has 2 rings (SSSR count). The van der Waals surface area contributed by atoms with E-state index < -0.39 is 10.0 Å². The maximum Gasteiger partial charge on any atom is 0.264 e. The molecule has 7 heteroatoms. The molecule has 0 saturated heterocycles. The van der Waals surface area contributed by atoms with Crippen molar-refractivity contribution in [2.45, 2.75) is 18.7 Å². The zero-order valence-electron chi connectivity index (χ0n) is 15.3. The number of aryl methyl sites for hydroxylation is 1. The number of carbonyl (C=O) groups excluding carboxylic acids is 1. The van der Waals surface area contributed by atoms with Crippen molar-refractivity contribution < 1.29 is 13.2 Å². The molecular formula is C19H25N3O3S. The van der Waals surface area contributed by atoms with Gasteiger partial charge in [-0.3, -0.25) is 9.10 Å². The Labute approximate surface area is 155 Å². The molecule has 0 aromatic heterocycles. The highest BCUT2D eigenvalue weighted by molar-refractivity contribution is 7.92. The lowest BCUT2D eigenvalue weighted by molar-refractivity contribution is 0.0953. The normalized spacial score (nSPS) is 11.2. The van der Waals surface area contributed by atoms with Gasteiger partial charge >= 0.3 is 0 Å². The van der Waals surface area contributed by atoms with E-state index in [9.17, 15) is 13.2 Å². The minimum absolute atomic E-state index is 0.0832. The summed E-state index contributed by atoms with van der Waals surface area (Å²) in [6, 6.07) is 13.3. The van der Waals surface area contributed by atoms with Crippen LogP contribution in [0, 0.1) is 6.92 Å². The van der Waals surface area contributed by atoms with E-state index in [1.807, 2.05) is 26.0 Å². The number of amides is 1. The minimum Gasteiger partial charge on any atom is -0.351 e. The summed E-state index contributed by atoms with van der Waals surface area (Å²) in [6.07, 6.45) is 0. The van der Waals surface area contributed by atoms with Gasteiger partial charge in [-0.05, 0) is 43.8 Å². The van der Waals surface area contributed by atoms with Crippen LogP contribution in [0.15, 0.2) is 53.4 Å². The van der Waals surface area contributed by atoms with E-state index in [0.717, 1.165) is 12.1 Å². The van der Waals surface area contributed by atoms with Crippen molar-refractivity contribution in [3.8, 4) is 0 Å². The first-order chi connectivity index (χ1) is 12.4. The molecule has 0 unspecified atom stereocenters. The van der Waals surface area contributed by atoms with Crippen molar-refractivity contribution in [3.05, 3.63) is 59.7 Å². The lowest BCUT2D eigenvalue weighted by Crippen LogP contribution is -2.32. The Hall–Kier alpha value is -2.38. The van der Waals surface area contributed by atoms with Gasteiger partial charge in [0, 0.05) is 25.7 Å². The second-order valence-corrected chi connectivity index (χ2v) is 7.91. The van der Waals surface area contributed by atoms with Crippen LogP contribution in [-0.2, 0) is 10.0 Å². The molecule has 0 aliphatic heterocycles. The van der Waals surface area contributed by atoms with Crippen molar-refractivity contribution in [1.82, 2.24) is 10.6 Å². The summed E-state index contributed by atoms with van der Waals surface area (Å²) >= 11 is 0. The second kappa shape index (κ2) is 8.82. The lowest BCUT2D eigenvalue weighted by Gasteiger charge is -2.20. The summed E-state index contributed by atoms with van der Waals surface area (Å²) in [5.41, 5.74) is 1.94. The summed E-state index contributed by atoms with van der Waals surface area (Å²) in [7, 11) is -2.25. The van der Waals surface area contributed by atoms with Gasteiger partial charge in [0.05, 0.1) is 10.6 Å². The van der Waals surface area contributed by atoms with Gasteiger partial charge in [-0.15, -0.1) is 0 Å². The average Bonchev–Trinajstić information content (AvgIpc) is 2.65. The van der Waals surface area contributed by atoms with Gasteiger partial charge < -0.3 is 10.6 Å². The fraction of sp³-hybridized carbons (Fsp3) is 0.316. The van der Waals surface area contributed by atoms with E-state index >= 15 is 0 Å². The number of hydrogen-bond donors (Lipinski definition) is 2. The molecule has 2 N–H and O–H groups in total. The first-order valence-corrected chi connectivity index (χ1v) is 9.95. The highest BCUT2D eigenvalue weighted by Gasteiger charge is 2.22. The van der Waals surface area contributed by atoms with E-state index in [2.05, 4.69) is 10.6 Å². The highest BCUT2D eigenvalue weighted by atomic mass is 32.2. The third-order valence-electron chi connectivity index (χ3n) is 3.99. The number of sulfonamides is 1. The number of nitrogens with zero attached hydrogens (tertiary/aromatic N) is 1. The molecule has 0 fully saturated rings. The first kappa shape index (κ1) is 19.9. The van der Waals surface area contributed by atoms with E-state index in [0.29, 0.717) is 24.3 Å². The molecule has 1 amide bonds. The third-order valence-corrected chi connectivity index (χ3v) is 5.77. The lowest BCUT2D eigenvalue weighted by atomic mass is 10.2. The molecular weight excluding hydrogens is 350 g/mol. The SMILES string of the molecule is CCNCCNC(=O)c1cccc(S(=O)(=O)N(C)c2ccc(C)cc2)c1. The summed E-state index contributed by atoms with van der Waals surface area (Å²) in [5, 5.41) is 5.88. The third kappa shape index (κ3) is 4.83. The fourth-order valence-corrected chi connectivity index (χ4v) is 3.63. The number of carbonyl (C=O) groups is 1. The van der Waals surface area contributed by atoms with Crippen LogP contribution in [-0.4, -0.2) is 41.0 Å². The van der Waals surface area contributed by atoms with E-state index in [1.54, 1.807) is 24.3 Å². The maximum absolute atomic E-state index is 12.9. The molecule has 0 radical (unpaired) electrons. The van der Waals surface area contributed by atoms with Crippen LogP contribution in [0.3, 0.4) is 0 Å². The van der Waals surface area contributed by atoms with E-state index in [1.165, 1.54) is 23.5 Å². The number of nitrogens with one attached hydrogen (secondary N) is 2. The highest BCUT2D eigenvalue weighted by Crippen LogP contribution is 2.23. The number of rotatable bonds is 8. The van der Waals surface area contributed by atoms with Crippen molar-refractivity contribution >= 4 is 21.6 Å².